The summed E-state index contributed by atoms with van der Waals surface area (Å²) in [6.07, 6.45) is 0.762. The highest BCUT2D eigenvalue weighted by atomic mass is 16.4. The van der Waals surface area contributed by atoms with Crippen molar-refractivity contribution in [2.24, 2.45) is 7.05 Å². The number of nitrogens with zero attached hydrogens (tertiary/aromatic N) is 2. The van der Waals surface area contributed by atoms with Crippen LogP contribution in [0, 0.1) is 0 Å². The topological polar surface area (TPSA) is 62.5 Å². The fourth-order valence-corrected chi connectivity index (χ4v) is 2.85. The molecule has 1 aliphatic rings. The van der Waals surface area contributed by atoms with Crippen LogP contribution < -0.4 is 0 Å². The number of aromatic carboxylic acids is 1. The molecule has 98 valence electrons. The van der Waals surface area contributed by atoms with Crippen LogP contribution in [0.25, 0.3) is 10.9 Å². The zero-order valence-corrected chi connectivity index (χ0v) is 10.8. The molecule has 1 amide bonds. The van der Waals surface area contributed by atoms with Crippen molar-refractivity contribution in [3.63, 3.8) is 0 Å². The fourth-order valence-electron chi connectivity index (χ4n) is 2.85. The van der Waals surface area contributed by atoms with Crippen LogP contribution >= 0.6 is 0 Å². The minimum absolute atomic E-state index is 0.0451. The van der Waals surface area contributed by atoms with Crippen molar-refractivity contribution in [2.45, 2.75) is 6.42 Å². The van der Waals surface area contributed by atoms with E-state index in [1.54, 1.807) is 35.7 Å². The molecule has 19 heavy (non-hydrogen) atoms. The van der Waals surface area contributed by atoms with Gasteiger partial charge in [-0.15, -0.1) is 0 Å². The Balaban J connectivity index is 2.42. The second kappa shape index (κ2) is 3.85. The Kier molecular flexibility index (Phi) is 2.38. The van der Waals surface area contributed by atoms with Crippen LogP contribution in [0.5, 0.6) is 0 Å². The van der Waals surface area contributed by atoms with Crippen molar-refractivity contribution in [3.8, 4) is 0 Å². The van der Waals surface area contributed by atoms with E-state index in [1.807, 2.05) is 6.07 Å². The summed E-state index contributed by atoms with van der Waals surface area (Å²) in [5.74, 6) is -1.01. The number of rotatable bonds is 1. The number of benzene rings is 1. The smallest absolute Gasteiger partial charge is 0.337 e. The van der Waals surface area contributed by atoms with E-state index in [2.05, 4.69) is 0 Å². The zero-order valence-electron chi connectivity index (χ0n) is 10.8. The molecule has 1 aliphatic heterocycles. The number of aromatic nitrogens is 1. The summed E-state index contributed by atoms with van der Waals surface area (Å²) < 4.78 is 1.71. The van der Waals surface area contributed by atoms with Gasteiger partial charge in [0.25, 0.3) is 5.91 Å². The summed E-state index contributed by atoms with van der Waals surface area (Å²) in [4.78, 5) is 25.2. The Labute approximate surface area is 110 Å². The number of fused-ring (bicyclic) bond motifs is 3. The van der Waals surface area contributed by atoms with Crippen molar-refractivity contribution < 1.29 is 14.7 Å². The summed E-state index contributed by atoms with van der Waals surface area (Å²) in [5.41, 5.74) is 2.44. The zero-order chi connectivity index (χ0) is 13.7. The van der Waals surface area contributed by atoms with Gasteiger partial charge in [-0.25, -0.2) is 4.79 Å². The van der Waals surface area contributed by atoms with Gasteiger partial charge in [0, 0.05) is 26.0 Å². The number of carboxylic acids is 1. The predicted molar refractivity (Wildman–Crippen MR) is 70.5 cm³/mol. The largest absolute Gasteiger partial charge is 0.478 e. The molecule has 0 fully saturated rings. The van der Waals surface area contributed by atoms with Gasteiger partial charge in [-0.2, -0.15) is 0 Å². The number of likely N-dealkylation sites (N-methyl/N-ethyl adjacent to an activating group) is 1. The number of aryl methyl sites for hydroxylation is 1. The molecule has 5 heteroatoms. The molecule has 0 saturated heterocycles. The number of carboxylic acid groups (broad SMARTS) is 1. The van der Waals surface area contributed by atoms with E-state index < -0.39 is 5.97 Å². The van der Waals surface area contributed by atoms with Gasteiger partial charge in [-0.05, 0) is 18.1 Å². The molecule has 0 radical (unpaired) electrons. The number of hydrogen-bond donors (Lipinski definition) is 1. The third-order valence-corrected chi connectivity index (χ3v) is 3.79. The van der Waals surface area contributed by atoms with Gasteiger partial charge in [-0.1, -0.05) is 12.1 Å². The molecule has 1 aromatic heterocycles. The summed E-state index contributed by atoms with van der Waals surface area (Å²) in [6, 6.07) is 5.19. The minimum Gasteiger partial charge on any atom is -0.478 e. The Bertz CT molecular complexity index is 715. The van der Waals surface area contributed by atoms with E-state index in [0.717, 1.165) is 17.4 Å². The maximum Gasteiger partial charge on any atom is 0.337 e. The normalized spacial score (nSPS) is 14.8. The van der Waals surface area contributed by atoms with Crippen molar-refractivity contribution >= 4 is 22.8 Å². The lowest BCUT2D eigenvalue weighted by Crippen LogP contribution is -2.35. The van der Waals surface area contributed by atoms with Crippen molar-refractivity contribution in [1.82, 2.24) is 9.47 Å². The number of amides is 1. The SMILES string of the molecule is CN1CCc2c(n(C)c3c(C(=O)O)cccc23)C1=O. The first-order chi connectivity index (χ1) is 9.02. The van der Waals surface area contributed by atoms with E-state index in [4.69, 9.17) is 0 Å². The molecule has 1 N–H and O–H groups in total. The lowest BCUT2D eigenvalue weighted by molar-refractivity contribution is 0.0696. The molecule has 0 atom stereocenters. The quantitative estimate of drug-likeness (QED) is 0.843. The summed E-state index contributed by atoms with van der Waals surface area (Å²) in [5, 5.41) is 10.2. The van der Waals surface area contributed by atoms with E-state index in [-0.39, 0.29) is 11.5 Å². The van der Waals surface area contributed by atoms with Crippen LogP contribution in [0.3, 0.4) is 0 Å². The van der Waals surface area contributed by atoms with Crippen molar-refractivity contribution in [1.29, 1.82) is 0 Å². The number of carbonyl (C=O) groups is 2. The summed E-state index contributed by atoms with van der Waals surface area (Å²) in [7, 11) is 3.52. The van der Waals surface area contributed by atoms with Gasteiger partial charge in [-0.3, -0.25) is 4.79 Å². The van der Waals surface area contributed by atoms with Crippen LogP contribution in [0.4, 0.5) is 0 Å². The summed E-state index contributed by atoms with van der Waals surface area (Å²) >= 11 is 0. The molecule has 0 spiro atoms. The molecular formula is C14H14N2O3. The average Bonchev–Trinajstić information content (AvgIpc) is 2.68. The Hall–Kier alpha value is -2.30. The molecule has 0 saturated carbocycles. The van der Waals surface area contributed by atoms with Crippen LogP contribution in [-0.4, -0.2) is 40.0 Å². The molecule has 2 aromatic rings. The van der Waals surface area contributed by atoms with Gasteiger partial charge in [0.15, 0.2) is 0 Å². The van der Waals surface area contributed by atoms with E-state index in [9.17, 15) is 14.7 Å². The van der Waals surface area contributed by atoms with Crippen LogP contribution in [0.15, 0.2) is 18.2 Å². The lowest BCUT2D eigenvalue weighted by atomic mass is 10.0. The Morgan fingerprint density at radius 3 is 2.74 bits per heavy atom. The number of hydrogen-bond acceptors (Lipinski definition) is 2. The molecule has 1 aromatic carbocycles. The average molecular weight is 258 g/mol. The predicted octanol–water partition coefficient (Wildman–Crippen LogP) is 1.50. The van der Waals surface area contributed by atoms with Gasteiger partial charge in [0.2, 0.25) is 0 Å². The van der Waals surface area contributed by atoms with E-state index in [1.165, 1.54) is 0 Å². The molecule has 0 aliphatic carbocycles. The Morgan fingerprint density at radius 1 is 1.32 bits per heavy atom. The van der Waals surface area contributed by atoms with E-state index >= 15 is 0 Å². The second-order valence-corrected chi connectivity index (χ2v) is 4.87. The highest BCUT2D eigenvalue weighted by Gasteiger charge is 2.29. The molecule has 0 unspecified atom stereocenters. The molecule has 2 heterocycles. The lowest BCUT2D eigenvalue weighted by Gasteiger charge is -2.23. The maximum atomic E-state index is 12.2. The van der Waals surface area contributed by atoms with E-state index in [0.29, 0.717) is 17.8 Å². The Morgan fingerprint density at radius 2 is 2.05 bits per heavy atom. The standard InChI is InChI=1S/C14H14N2O3/c1-15-7-6-9-8-4-3-5-10(14(18)19)11(8)16(2)12(9)13(15)17/h3-5H,6-7H2,1-2H3,(H,18,19). The van der Waals surface area contributed by atoms with Gasteiger partial charge in [0.1, 0.15) is 5.69 Å². The fraction of sp³-hybridized carbons (Fsp3) is 0.286. The first-order valence-corrected chi connectivity index (χ1v) is 6.11. The first-order valence-electron chi connectivity index (χ1n) is 6.11. The minimum atomic E-state index is -0.968. The van der Waals surface area contributed by atoms with Gasteiger partial charge >= 0.3 is 5.97 Å². The first kappa shape index (κ1) is 11.8. The highest BCUT2D eigenvalue weighted by Crippen LogP contribution is 2.31. The second-order valence-electron chi connectivity index (χ2n) is 4.87. The van der Waals surface area contributed by atoms with Crippen LogP contribution in [0.2, 0.25) is 0 Å². The highest BCUT2D eigenvalue weighted by molar-refractivity contribution is 6.08. The number of carbonyl (C=O) groups excluding carboxylic acids is 1. The monoisotopic (exact) mass is 258 g/mol. The van der Waals surface area contributed by atoms with Gasteiger partial charge < -0.3 is 14.6 Å². The molecule has 0 bridgehead atoms. The third-order valence-electron chi connectivity index (χ3n) is 3.79. The van der Waals surface area contributed by atoms with Crippen molar-refractivity contribution in [3.05, 3.63) is 35.0 Å². The maximum absolute atomic E-state index is 12.2. The number of para-hydroxylation sites is 1. The van der Waals surface area contributed by atoms with Crippen LogP contribution in [-0.2, 0) is 13.5 Å². The third kappa shape index (κ3) is 1.47. The van der Waals surface area contributed by atoms with Crippen LogP contribution in [0.1, 0.15) is 26.4 Å². The molecule has 5 nitrogen and oxygen atoms in total. The molecular weight excluding hydrogens is 244 g/mol. The summed E-state index contributed by atoms with van der Waals surface area (Å²) in [6.45, 7) is 0.669. The van der Waals surface area contributed by atoms with Crippen molar-refractivity contribution in [2.75, 3.05) is 13.6 Å². The van der Waals surface area contributed by atoms with Gasteiger partial charge in [0.05, 0.1) is 11.1 Å². The molecule has 3 rings (SSSR count).